The lowest BCUT2D eigenvalue weighted by molar-refractivity contribution is 0.0640. The summed E-state index contributed by atoms with van der Waals surface area (Å²) in [4.78, 5) is 0. The van der Waals surface area contributed by atoms with Gasteiger partial charge in [0, 0.05) is 0 Å². The molecule has 2 atom stereocenters. The molecule has 0 bridgehead atoms. The molecule has 1 aliphatic rings. The molecule has 0 aliphatic carbocycles. The molecule has 3 nitrogen and oxygen atoms in total. The molecule has 0 radical (unpaired) electrons. The molecule has 110 valence electrons. The molecule has 0 aromatic heterocycles. The van der Waals surface area contributed by atoms with E-state index in [9.17, 15) is 4.39 Å². The largest absolute Gasteiger partial charge is 0.486 e. The van der Waals surface area contributed by atoms with E-state index in [1.807, 2.05) is 37.4 Å². The fraction of sp³-hybridized carbons (Fsp3) is 0.294. The molecular formula is C17H18FNO2. The second-order valence-corrected chi connectivity index (χ2v) is 5.14. The molecule has 1 heterocycles. The van der Waals surface area contributed by atoms with Crippen molar-refractivity contribution >= 4 is 0 Å². The van der Waals surface area contributed by atoms with Crippen LogP contribution >= 0.6 is 0 Å². The highest BCUT2D eigenvalue weighted by molar-refractivity contribution is 5.40. The van der Waals surface area contributed by atoms with Crippen LogP contribution in [0.15, 0.2) is 48.5 Å². The van der Waals surface area contributed by atoms with Gasteiger partial charge in [0.1, 0.15) is 18.5 Å². The van der Waals surface area contributed by atoms with Crippen molar-refractivity contribution in [1.82, 2.24) is 5.32 Å². The monoisotopic (exact) mass is 287 g/mol. The maximum atomic E-state index is 13.3. The van der Waals surface area contributed by atoms with Gasteiger partial charge in [0.05, 0.1) is 6.04 Å². The summed E-state index contributed by atoms with van der Waals surface area (Å²) in [7, 11) is 1.88. The van der Waals surface area contributed by atoms with Gasteiger partial charge in [-0.3, -0.25) is 0 Å². The highest BCUT2D eigenvalue weighted by Crippen LogP contribution is 2.31. The maximum absolute atomic E-state index is 13.3. The van der Waals surface area contributed by atoms with Gasteiger partial charge in [0.15, 0.2) is 11.5 Å². The molecule has 2 unspecified atom stereocenters. The predicted molar refractivity (Wildman–Crippen MR) is 79.3 cm³/mol. The Labute approximate surface area is 123 Å². The van der Waals surface area contributed by atoms with Gasteiger partial charge in [0.2, 0.25) is 0 Å². The number of fused-ring (bicyclic) bond motifs is 1. The highest BCUT2D eigenvalue weighted by Gasteiger charge is 2.28. The molecule has 3 rings (SSSR count). The smallest absolute Gasteiger partial charge is 0.161 e. The first-order valence-electron chi connectivity index (χ1n) is 7.06. The van der Waals surface area contributed by atoms with Gasteiger partial charge in [-0.2, -0.15) is 0 Å². The molecule has 4 heteroatoms. The third kappa shape index (κ3) is 3.16. The van der Waals surface area contributed by atoms with Crippen LogP contribution in [0.1, 0.15) is 5.56 Å². The Morgan fingerprint density at radius 2 is 2.00 bits per heavy atom. The summed E-state index contributed by atoms with van der Waals surface area (Å²) < 4.78 is 25.0. The SMILES string of the molecule is CNC(Cc1cccc(F)c1)C1COc2ccccc2O1. The van der Waals surface area contributed by atoms with E-state index in [0.717, 1.165) is 17.1 Å². The quantitative estimate of drug-likeness (QED) is 0.938. The van der Waals surface area contributed by atoms with Crippen molar-refractivity contribution in [2.75, 3.05) is 13.7 Å². The number of hydrogen-bond donors (Lipinski definition) is 1. The normalized spacial score (nSPS) is 18.3. The number of para-hydroxylation sites is 2. The highest BCUT2D eigenvalue weighted by atomic mass is 19.1. The van der Waals surface area contributed by atoms with Gasteiger partial charge in [-0.05, 0) is 43.3 Å². The van der Waals surface area contributed by atoms with Gasteiger partial charge < -0.3 is 14.8 Å². The molecule has 0 saturated carbocycles. The summed E-state index contributed by atoms with van der Waals surface area (Å²) in [6, 6.07) is 14.4. The van der Waals surface area contributed by atoms with Gasteiger partial charge in [-0.25, -0.2) is 4.39 Å². The van der Waals surface area contributed by atoms with Crippen LogP contribution in [0.4, 0.5) is 4.39 Å². The fourth-order valence-electron chi connectivity index (χ4n) is 2.57. The van der Waals surface area contributed by atoms with E-state index in [1.54, 1.807) is 12.1 Å². The minimum atomic E-state index is -0.214. The molecule has 0 saturated heterocycles. The predicted octanol–water partition coefficient (Wildman–Crippen LogP) is 2.80. The van der Waals surface area contributed by atoms with Crippen molar-refractivity contribution in [2.45, 2.75) is 18.6 Å². The molecule has 0 fully saturated rings. The van der Waals surface area contributed by atoms with E-state index in [0.29, 0.717) is 13.0 Å². The lowest BCUT2D eigenvalue weighted by Crippen LogP contribution is -2.47. The first kappa shape index (κ1) is 13.9. The van der Waals surface area contributed by atoms with Crippen molar-refractivity contribution in [3.8, 4) is 11.5 Å². The van der Waals surface area contributed by atoms with E-state index < -0.39 is 0 Å². The van der Waals surface area contributed by atoms with Crippen molar-refractivity contribution in [3.05, 3.63) is 59.9 Å². The first-order valence-corrected chi connectivity index (χ1v) is 7.06. The average molecular weight is 287 g/mol. The summed E-state index contributed by atoms with van der Waals surface area (Å²) in [5, 5.41) is 3.24. The Hall–Kier alpha value is -2.07. The van der Waals surface area contributed by atoms with Gasteiger partial charge in [-0.15, -0.1) is 0 Å². The molecule has 0 spiro atoms. The van der Waals surface area contributed by atoms with Crippen molar-refractivity contribution in [3.63, 3.8) is 0 Å². The zero-order valence-corrected chi connectivity index (χ0v) is 11.9. The molecule has 2 aromatic carbocycles. The van der Waals surface area contributed by atoms with Crippen LogP contribution in [-0.4, -0.2) is 25.8 Å². The molecule has 1 N–H and O–H groups in total. The van der Waals surface area contributed by atoms with Gasteiger partial charge in [0.25, 0.3) is 0 Å². The van der Waals surface area contributed by atoms with Gasteiger partial charge in [-0.1, -0.05) is 24.3 Å². The summed E-state index contributed by atoms with van der Waals surface area (Å²) in [5.41, 5.74) is 0.941. The summed E-state index contributed by atoms with van der Waals surface area (Å²) in [6.07, 6.45) is 0.581. The van der Waals surface area contributed by atoms with E-state index in [4.69, 9.17) is 9.47 Å². The van der Waals surface area contributed by atoms with Crippen molar-refractivity contribution in [1.29, 1.82) is 0 Å². The lowest BCUT2D eigenvalue weighted by atomic mass is 10.0. The van der Waals surface area contributed by atoms with Crippen LogP contribution in [0.25, 0.3) is 0 Å². The molecule has 1 aliphatic heterocycles. The molecule has 0 amide bonds. The first-order chi connectivity index (χ1) is 10.3. The van der Waals surface area contributed by atoms with Crippen LogP contribution in [0.3, 0.4) is 0 Å². The Bertz CT molecular complexity index is 617. The van der Waals surface area contributed by atoms with Crippen LogP contribution in [0.2, 0.25) is 0 Å². The number of hydrogen-bond acceptors (Lipinski definition) is 3. The van der Waals surface area contributed by atoms with Gasteiger partial charge >= 0.3 is 0 Å². The van der Waals surface area contributed by atoms with Crippen LogP contribution in [0.5, 0.6) is 11.5 Å². The number of benzene rings is 2. The summed E-state index contributed by atoms with van der Waals surface area (Å²) in [6.45, 7) is 0.484. The van der Waals surface area contributed by atoms with E-state index in [-0.39, 0.29) is 18.0 Å². The number of nitrogens with one attached hydrogen (secondary N) is 1. The van der Waals surface area contributed by atoms with Crippen LogP contribution < -0.4 is 14.8 Å². The maximum Gasteiger partial charge on any atom is 0.161 e. The Morgan fingerprint density at radius 1 is 1.19 bits per heavy atom. The topological polar surface area (TPSA) is 30.5 Å². The number of likely N-dealkylation sites (N-methyl/N-ethyl adjacent to an activating group) is 1. The van der Waals surface area contributed by atoms with E-state index in [2.05, 4.69) is 5.32 Å². The number of rotatable bonds is 4. The van der Waals surface area contributed by atoms with Crippen LogP contribution in [-0.2, 0) is 6.42 Å². The molecule has 21 heavy (non-hydrogen) atoms. The minimum absolute atomic E-state index is 0.0557. The second kappa shape index (κ2) is 6.14. The summed E-state index contributed by atoms with van der Waals surface area (Å²) in [5.74, 6) is 1.32. The summed E-state index contributed by atoms with van der Waals surface area (Å²) >= 11 is 0. The standard InChI is InChI=1S/C17H18FNO2/c1-19-14(10-12-5-4-6-13(18)9-12)17-11-20-15-7-2-3-8-16(15)21-17/h2-9,14,17,19H,10-11H2,1H3. The third-order valence-electron chi connectivity index (χ3n) is 3.69. The van der Waals surface area contributed by atoms with E-state index in [1.165, 1.54) is 6.07 Å². The Morgan fingerprint density at radius 3 is 2.76 bits per heavy atom. The van der Waals surface area contributed by atoms with Crippen LogP contribution in [0, 0.1) is 5.82 Å². The lowest BCUT2D eigenvalue weighted by Gasteiger charge is -2.32. The Kier molecular flexibility index (Phi) is 4.06. The second-order valence-electron chi connectivity index (χ2n) is 5.14. The third-order valence-corrected chi connectivity index (χ3v) is 3.69. The van der Waals surface area contributed by atoms with Crippen molar-refractivity contribution < 1.29 is 13.9 Å². The average Bonchev–Trinajstić information content (AvgIpc) is 2.52. The number of halogens is 1. The zero-order chi connectivity index (χ0) is 14.7. The Balaban J connectivity index is 1.73. The fourth-order valence-corrected chi connectivity index (χ4v) is 2.57. The van der Waals surface area contributed by atoms with Crippen molar-refractivity contribution in [2.24, 2.45) is 0 Å². The molecular weight excluding hydrogens is 269 g/mol. The molecule has 2 aromatic rings. The minimum Gasteiger partial charge on any atom is -0.486 e. The zero-order valence-electron chi connectivity index (χ0n) is 11.9. The number of ether oxygens (including phenoxy) is 2. The van der Waals surface area contributed by atoms with E-state index >= 15 is 0 Å².